The number of rotatable bonds is 29. The molecule has 0 amide bonds. The molecule has 0 heterocycles. The summed E-state index contributed by atoms with van der Waals surface area (Å²) < 4.78 is 0. The van der Waals surface area contributed by atoms with Gasteiger partial charge in [0.25, 0.3) is 0 Å². The Bertz CT molecular complexity index is 372. The van der Waals surface area contributed by atoms with E-state index in [9.17, 15) is 4.79 Å². The summed E-state index contributed by atoms with van der Waals surface area (Å²) in [6.45, 7) is 0. The van der Waals surface area contributed by atoms with Crippen LogP contribution in [0, 0.1) is 0 Å². The van der Waals surface area contributed by atoms with Gasteiger partial charge in [0, 0.05) is 12.3 Å². The molecule has 0 unspecified atom stereocenters. The highest BCUT2D eigenvalue weighted by atomic mass is 35.5. The van der Waals surface area contributed by atoms with E-state index >= 15 is 0 Å². The van der Waals surface area contributed by atoms with Gasteiger partial charge in [-0.3, -0.25) is 4.79 Å². The summed E-state index contributed by atoms with van der Waals surface area (Å²) >= 11 is 5.71. The molecule has 0 saturated heterocycles. The molecule has 0 atom stereocenters. The first-order valence-corrected chi connectivity index (χ1v) is 15.6. The maximum atomic E-state index is 10.4. The zero-order valence-corrected chi connectivity index (χ0v) is 23.0. The van der Waals surface area contributed by atoms with Gasteiger partial charge in [-0.05, 0) is 12.8 Å². The Morgan fingerprint density at radius 3 is 0.727 bits per heavy atom. The molecule has 2 nitrogen and oxygen atoms in total. The molecule has 0 radical (unpaired) electrons. The van der Waals surface area contributed by atoms with E-state index in [2.05, 4.69) is 0 Å². The van der Waals surface area contributed by atoms with Crippen LogP contribution in [0.4, 0.5) is 0 Å². The number of hydrogen-bond acceptors (Lipinski definition) is 1. The zero-order chi connectivity index (χ0) is 24.1. The van der Waals surface area contributed by atoms with Crippen LogP contribution >= 0.6 is 11.6 Å². The quantitative estimate of drug-likeness (QED) is 0.0842. The van der Waals surface area contributed by atoms with Gasteiger partial charge in [-0.25, -0.2) is 0 Å². The molecule has 0 rings (SSSR count). The lowest BCUT2D eigenvalue weighted by molar-refractivity contribution is -0.137. The number of carboxylic acids is 1. The lowest BCUT2D eigenvalue weighted by atomic mass is 10.0. The molecule has 0 fully saturated rings. The van der Waals surface area contributed by atoms with Gasteiger partial charge in [-0.1, -0.05) is 161 Å². The largest absolute Gasteiger partial charge is 0.481 e. The molecule has 198 valence electrons. The molecule has 1 N–H and O–H groups in total. The van der Waals surface area contributed by atoms with Gasteiger partial charge in [0.15, 0.2) is 0 Å². The number of aliphatic carboxylic acids is 1. The third-order valence-electron chi connectivity index (χ3n) is 7.02. The standard InChI is InChI=1S/C30H59ClO2/c31-29-27-25-23-21-19-17-15-13-11-9-7-5-3-1-2-4-6-8-10-12-14-16-18-20-22-24-26-28-30(32)33/h1-29H2,(H,32,33). The summed E-state index contributed by atoms with van der Waals surface area (Å²) in [6.07, 6.45) is 37.3. The predicted octanol–water partition coefficient (Wildman–Crippen LogP) is 11.2. The van der Waals surface area contributed by atoms with E-state index in [1.54, 1.807) is 0 Å². The van der Waals surface area contributed by atoms with Crippen LogP contribution < -0.4 is 0 Å². The van der Waals surface area contributed by atoms with Crippen LogP contribution in [0.25, 0.3) is 0 Å². The molecule has 0 aromatic heterocycles. The van der Waals surface area contributed by atoms with Crippen LogP contribution in [0.2, 0.25) is 0 Å². The minimum Gasteiger partial charge on any atom is -0.481 e. The summed E-state index contributed by atoms with van der Waals surface area (Å²) in [5.74, 6) is 0.186. The van der Waals surface area contributed by atoms with Gasteiger partial charge in [-0.15, -0.1) is 11.6 Å². The van der Waals surface area contributed by atoms with Crippen molar-refractivity contribution < 1.29 is 9.90 Å². The molecule has 0 aromatic carbocycles. The van der Waals surface area contributed by atoms with Crippen molar-refractivity contribution >= 4 is 17.6 Å². The van der Waals surface area contributed by atoms with Crippen LogP contribution in [0.5, 0.6) is 0 Å². The Kier molecular flexibility index (Phi) is 29.6. The van der Waals surface area contributed by atoms with Crippen molar-refractivity contribution in [3.63, 3.8) is 0 Å². The molecule has 33 heavy (non-hydrogen) atoms. The lowest BCUT2D eigenvalue weighted by Crippen LogP contribution is -1.93. The molecular formula is C30H59ClO2. The fourth-order valence-corrected chi connectivity index (χ4v) is 4.98. The number of halogens is 1. The molecule has 0 aliphatic rings. The Morgan fingerprint density at radius 2 is 0.545 bits per heavy atom. The number of alkyl halides is 1. The number of unbranched alkanes of at least 4 members (excludes halogenated alkanes) is 26. The highest BCUT2D eigenvalue weighted by molar-refractivity contribution is 6.17. The van der Waals surface area contributed by atoms with E-state index in [0.717, 1.165) is 18.7 Å². The van der Waals surface area contributed by atoms with Crippen LogP contribution in [0.15, 0.2) is 0 Å². The third kappa shape index (κ3) is 31.8. The number of carboxylic acid groups (broad SMARTS) is 1. The Labute approximate surface area is 213 Å². The average Bonchev–Trinajstić information content (AvgIpc) is 2.80. The average molecular weight is 487 g/mol. The molecule has 0 bridgehead atoms. The predicted molar refractivity (Wildman–Crippen MR) is 148 cm³/mol. The van der Waals surface area contributed by atoms with Crippen molar-refractivity contribution in [2.24, 2.45) is 0 Å². The number of hydrogen-bond donors (Lipinski definition) is 1. The second-order valence-corrected chi connectivity index (χ2v) is 10.8. The van der Waals surface area contributed by atoms with E-state index in [1.165, 1.54) is 161 Å². The summed E-state index contributed by atoms with van der Waals surface area (Å²) in [7, 11) is 0. The molecule has 0 aromatic rings. The van der Waals surface area contributed by atoms with E-state index < -0.39 is 5.97 Å². The van der Waals surface area contributed by atoms with Gasteiger partial charge in [0.2, 0.25) is 0 Å². The molecule has 3 heteroatoms. The van der Waals surface area contributed by atoms with Crippen molar-refractivity contribution in [3.8, 4) is 0 Å². The molecule has 0 aliphatic carbocycles. The Morgan fingerprint density at radius 1 is 0.364 bits per heavy atom. The first-order chi connectivity index (χ1) is 16.3. The first kappa shape index (κ1) is 32.8. The second-order valence-electron chi connectivity index (χ2n) is 10.4. The highest BCUT2D eigenvalue weighted by Gasteiger charge is 1.98. The van der Waals surface area contributed by atoms with Crippen LogP contribution in [0.1, 0.15) is 180 Å². The maximum absolute atomic E-state index is 10.4. The molecule has 0 aliphatic heterocycles. The summed E-state index contributed by atoms with van der Waals surface area (Å²) in [5, 5.41) is 8.61. The fourth-order valence-electron chi connectivity index (χ4n) is 4.79. The van der Waals surface area contributed by atoms with Crippen molar-refractivity contribution in [1.82, 2.24) is 0 Å². The number of carbonyl (C=O) groups is 1. The SMILES string of the molecule is O=C(O)CCCCCCCCCCCCCCCCCCCCCCCCCCCCCCl. The fraction of sp³-hybridized carbons (Fsp3) is 0.967. The minimum atomic E-state index is -0.651. The Balaban J connectivity index is 3.01. The summed E-state index contributed by atoms with van der Waals surface area (Å²) in [5.41, 5.74) is 0. The van der Waals surface area contributed by atoms with Crippen LogP contribution in [0.3, 0.4) is 0 Å². The van der Waals surface area contributed by atoms with Crippen molar-refractivity contribution in [2.45, 2.75) is 180 Å². The van der Waals surface area contributed by atoms with Crippen LogP contribution in [-0.4, -0.2) is 17.0 Å². The minimum absolute atomic E-state index is 0.344. The van der Waals surface area contributed by atoms with Gasteiger partial charge >= 0.3 is 5.97 Å². The first-order valence-electron chi connectivity index (χ1n) is 15.0. The zero-order valence-electron chi connectivity index (χ0n) is 22.2. The van der Waals surface area contributed by atoms with Gasteiger partial charge in [0.05, 0.1) is 0 Å². The lowest BCUT2D eigenvalue weighted by Gasteiger charge is -2.04. The topological polar surface area (TPSA) is 37.3 Å². The van der Waals surface area contributed by atoms with Crippen molar-refractivity contribution in [2.75, 3.05) is 5.88 Å². The molecule has 0 spiro atoms. The smallest absolute Gasteiger partial charge is 0.303 e. The maximum Gasteiger partial charge on any atom is 0.303 e. The molecule has 0 saturated carbocycles. The monoisotopic (exact) mass is 486 g/mol. The molecular weight excluding hydrogens is 428 g/mol. The van der Waals surface area contributed by atoms with Crippen molar-refractivity contribution in [3.05, 3.63) is 0 Å². The Hall–Kier alpha value is -0.240. The summed E-state index contributed by atoms with van der Waals surface area (Å²) in [6, 6.07) is 0. The highest BCUT2D eigenvalue weighted by Crippen LogP contribution is 2.16. The van der Waals surface area contributed by atoms with E-state index in [1.807, 2.05) is 0 Å². The van der Waals surface area contributed by atoms with Gasteiger partial charge in [0.1, 0.15) is 0 Å². The summed E-state index contributed by atoms with van der Waals surface area (Å²) in [4.78, 5) is 10.4. The third-order valence-corrected chi connectivity index (χ3v) is 7.29. The van der Waals surface area contributed by atoms with E-state index in [4.69, 9.17) is 16.7 Å². The van der Waals surface area contributed by atoms with Gasteiger partial charge < -0.3 is 5.11 Å². The van der Waals surface area contributed by atoms with Crippen LogP contribution in [-0.2, 0) is 4.79 Å². The normalized spacial score (nSPS) is 11.3. The van der Waals surface area contributed by atoms with E-state index in [0.29, 0.717) is 6.42 Å². The van der Waals surface area contributed by atoms with E-state index in [-0.39, 0.29) is 0 Å². The second kappa shape index (κ2) is 29.8. The van der Waals surface area contributed by atoms with Gasteiger partial charge in [-0.2, -0.15) is 0 Å². The van der Waals surface area contributed by atoms with Crippen molar-refractivity contribution in [1.29, 1.82) is 0 Å².